The van der Waals surface area contributed by atoms with Gasteiger partial charge in [0.05, 0.1) is 6.67 Å². The molecule has 0 amide bonds. The molecule has 2 N–H and O–H groups in total. The molecule has 0 saturated carbocycles. The molecule has 6 rings (SSSR count). The zero-order chi connectivity index (χ0) is 18.7. The number of anilines is 1. The van der Waals surface area contributed by atoms with Crippen molar-refractivity contribution in [3.05, 3.63) is 51.9 Å². The molecule has 0 spiro atoms. The highest BCUT2D eigenvalue weighted by Gasteiger charge is 2.42. The summed E-state index contributed by atoms with van der Waals surface area (Å²) in [4.78, 5) is 1.55. The van der Waals surface area contributed by atoms with E-state index in [0.717, 1.165) is 29.4 Å². The Hall–Kier alpha value is -1.87. The van der Waals surface area contributed by atoms with Crippen LogP contribution in [0.25, 0.3) is 5.00 Å². The Labute approximate surface area is 172 Å². The summed E-state index contributed by atoms with van der Waals surface area (Å²) in [7, 11) is 0. The molecule has 1 saturated heterocycles. The fourth-order valence-electron chi connectivity index (χ4n) is 4.45. The van der Waals surface area contributed by atoms with Gasteiger partial charge in [0, 0.05) is 16.2 Å². The van der Waals surface area contributed by atoms with Crippen molar-refractivity contribution < 1.29 is 0 Å². The molecule has 1 aromatic carbocycles. The molecule has 144 valence electrons. The minimum atomic E-state index is 0.159. The third-order valence-electron chi connectivity index (χ3n) is 5.86. The van der Waals surface area contributed by atoms with Crippen LogP contribution in [-0.2, 0) is 18.6 Å². The Morgan fingerprint density at radius 3 is 3.04 bits per heavy atom. The first-order valence-corrected chi connectivity index (χ1v) is 11.6. The van der Waals surface area contributed by atoms with E-state index in [4.69, 9.17) is 0 Å². The molecular weight excluding hydrogens is 388 g/mol. The van der Waals surface area contributed by atoms with Gasteiger partial charge in [0.15, 0.2) is 5.16 Å². The first kappa shape index (κ1) is 17.0. The molecule has 2 atom stereocenters. The van der Waals surface area contributed by atoms with Gasteiger partial charge in [-0.1, -0.05) is 49.0 Å². The third-order valence-corrected chi connectivity index (χ3v) is 8.11. The van der Waals surface area contributed by atoms with Crippen LogP contribution in [0.2, 0.25) is 0 Å². The van der Waals surface area contributed by atoms with E-state index >= 15 is 0 Å². The number of nitrogens with zero attached hydrogens (tertiary/aromatic N) is 4. The number of aromatic nitrogens is 3. The minimum absolute atomic E-state index is 0.159. The molecule has 6 nitrogen and oxygen atoms in total. The van der Waals surface area contributed by atoms with Crippen LogP contribution in [0, 0.1) is 5.92 Å². The van der Waals surface area contributed by atoms with Gasteiger partial charge in [-0.25, -0.2) is 9.99 Å². The van der Waals surface area contributed by atoms with Crippen LogP contribution >= 0.6 is 23.1 Å². The number of thiophene rings is 1. The van der Waals surface area contributed by atoms with Gasteiger partial charge in [0.25, 0.3) is 0 Å². The topological polar surface area (TPSA) is 58.0 Å². The Kier molecular flexibility index (Phi) is 4.01. The second kappa shape index (κ2) is 6.59. The van der Waals surface area contributed by atoms with Crippen molar-refractivity contribution in [1.82, 2.24) is 25.5 Å². The maximum absolute atomic E-state index is 4.57. The van der Waals surface area contributed by atoms with Gasteiger partial charge in [0.2, 0.25) is 5.95 Å². The standard InChI is InChI=1S/C20H22N6S2/c1-12-7-8-14-15(9-12)28-18-16(14)17-21-11-22-26(17)19-23-24-20(25(18)19)27-10-13-5-3-2-4-6-13/h2-6,12,17,21-22H,7-11H2,1H3/t12-,17?/m1/s1. The number of hydrazine groups is 1. The fourth-order valence-corrected chi connectivity index (χ4v) is 6.94. The van der Waals surface area contributed by atoms with Crippen LogP contribution in [0.3, 0.4) is 0 Å². The predicted molar refractivity (Wildman–Crippen MR) is 113 cm³/mol. The summed E-state index contributed by atoms with van der Waals surface area (Å²) in [5.41, 5.74) is 7.74. The van der Waals surface area contributed by atoms with Gasteiger partial charge in [0.1, 0.15) is 11.2 Å². The SMILES string of the molecule is C[C@@H]1CCc2c(sc3c2C2NCNN2c2nnc(SCc4ccccc4)n2-3)C1. The van der Waals surface area contributed by atoms with Crippen molar-refractivity contribution in [3.8, 4) is 5.00 Å². The second-order valence-corrected chi connectivity index (χ2v) is 9.80. The first-order chi connectivity index (χ1) is 13.8. The van der Waals surface area contributed by atoms with Crippen LogP contribution in [0.1, 0.15) is 41.1 Å². The molecule has 1 fully saturated rings. The smallest absolute Gasteiger partial charge is 0.249 e. The van der Waals surface area contributed by atoms with E-state index < -0.39 is 0 Å². The summed E-state index contributed by atoms with van der Waals surface area (Å²) in [5.74, 6) is 2.56. The molecule has 2 aliphatic heterocycles. The average molecular weight is 411 g/mol. The summed E-state index contributed by atoms with van der Waals surface area (Å²) in [6.45, 7) is 3.12. The molecule has 2 aromatic heterocycles. The van der Waals surface area contributed by atoms with E-state index in [1.165, 1.54) is 35.4 Å². The molecule has 3 aromatic rings. The van der Waals surface area contributed by atoms with E-state index in [1.54, 1.807) is 22.2 Å². The maximum atomic E-state index is 4.57. The lowest BCUT2D eigenvalue weighted by atomic mass is 9.87. The maximum Gasteiger partial charge on any atom is 0.249 e. The van der Waals surface area contributed by atoms with Crippen molar-refractivity contribution in [2.24, 2.45) is 5.92 Å². The fraction of sp³-hybridized carbons (Fsp3) is 0.400. The van der Waals surface area contributed by atoms with Crippen LogP contribution < -0.4 is 15.8 Å². The quantitative estimate of drug-likeness (QED) is 0.643. The highest BCUT2D eigenvalue weighted by molar-refractivity contribution is 7.98. The van der Waals surface area contributed by atoms with Crippen molar-refractivity contribution in [3.63, 3.8) is 0 Å². The molecule has 8 heteroatoms. The monoisotopic (exact) mass is 410 g/mol. The number of thioether (sulfide) groups is 1. The molecule has 0 bridgehead atoms. The Morgan fingerprint density at radius 2 is 2.14 bits per heavy atom. The van der Waals surface area contributed by atoms with Crippen LogP contribution in [0.4, 0.5) is 5.95 Å². The number of fused-ring (bicyclic) bond motifs is 8. The lowest BCUT2D eigenvalue weighted by Crippen LogP contribution is -2.39. The number of nitrogens with one attached hydrogen (secondary N) is 2. The molecule has 28 heavy (non-hydrogen) atoms. The van der Waals surface area contributed by atoms with Crippen molar-refractivity contribution in [2.45, 2.75) is 43.3 Å². The minimum Gasteiger partial charge on any atom is -0.278 e. The zero-order valence-corrected chi connectivity index (χ0v) is 17.3. The second-order valence-electron chi connectivity index (χ2n) is 7.77. The van der Waals surface area contributed by atoms with E-state index in [1.807, 2.05) is 11.3 Å². The molecule has 0 radical (unpaired) electrons. The Morgan fingerprint density at radius 1 is 1.25 bits per heavy atom. The van der Waals surface area contributed by atoms with E-state index in [0.29, 0.717) is 0 Å². The van der Waals surface area contributed by atoms with Gasteiger partial charge in [-0.3, -0.25) is 10.3 Å². The third kappa shape index (κ3) is 2.55. The summed E-state index contributed by atoms with van der Waals surface area (Å²) in [6.07, 6.45) is 3.81. The summed E-state index contributed by atoms with van der Waals surface area (Å²) >= 11 is 3.71. The highest BCUT2D eigenvalue weighted by atomic mass is 32.2. The highest BCUT2D eigenvalue weighted by Crippen LogP contribution is 2.48. The van der Waals surface area contributed by atoms with E-state index in [-0.39, 0.29) is 6.17 Å². The van der Waals surface area contributed by atoms with Crippen LogP contribution in [0.5, 0.6) is 0 Å². The van der Waals surface area contributed by atoms with Gasteiger partial charge in [-0.2, -0.15) is 0 Å². The van der Waals surface area contributed by atoms with E-state index in [2.05, 4.69) is 67.8 Å². The zero-order valence-electron chi connectivity index (χ0n) is 15.7. The summed E-state index contributed by atoms with van der Waals surface area (Å²) < 4.78 is 2.27. The van der Waals surface area contributed by atoms with Gasteiger partial charge in [-0.15, -0.1) is 21.5 Å². The van der Waals surface area contributed by atoms with Crippen LogP contribution in [0.15, 0.2) is 35.5 Å². The van der Waals surface area contributed by atoms with Gasteiger partial charge in [-0.05, 0) is 36.3 Å². The molecule has 1 unspecified atom stereocenters. The molecule has 4 heterocycles. The van der Waals surface area contributed by atoms with E-state index in [9.17, 15) is 0 Å². The van der Waals surface area contributed by atoms with Gasteiger partial charge >= 0.3 is 0 Å². The number of hydrogen-bond acceptors (Lipinski definition) is 7. The normalized spacial score (nSPS) is 22.5. The van der Waals surface area contributed by atoms with Crippen LogP contribution in [-0.4, -0.2) is 21.4 Å². The van der Waals surface area contributed by atoms with Gasteiger partial charge < -0.3 is 0 Å². The average Bonchev–Trinajstić information content (AvgIpc) is 3.42. The Bertz CT molecular complexity index is 1030. The molecule has 3 aliphatic rings. The summed E-state index contributed by atoms with van der Waals surface area (Å²) in [5, 5.41) is 17.2. The number of benzene rings is 1. The van der Waals surface area contributed by atoms with Crippen molar-refractivity contribution in [2.75, 3.05) is 11.7 Å². The lowest BCUT2D eigenvalue weighted by Gasteiger charge is -2.31. The largest absolute Gasteiger partial charge is 0.278 e. The number of rotatable bonds is 3. The molecule has 1 aliphatic carbocycles. The predicted octanol–water partition coefficient (Wildman–Crippen LogP) is 3.63. The summed E-state index contributed by atoms with van der Waals surface area (Å²) in [6, 6.07) is 10.6. The van der Waals surface area contributed by atoms with Crippen molar-refractivity contribution in [1.29, 1.82) is 0 Å². The first-order valence-electron chi connectivity index (χ1n) is 9.82. The Balaban J connectivity index is 1.44. The van der Waals surface area contributed by atoms with Crippen molar-refractivity contribution >= 4 is 29.0 Å². The lowest BCUT2D eigenvalue weighted by molar-refractivity contribution is 0.499. The number of hydrogen-bond donors (Lipinski definition) is 2. The molecular formula is C20H22N6S2.